The summed E-state index contributed by atoms with van der Waals surface area (Å²) >= 11 is 7.11. The highest BCUT2D eigenvalue weighted by Gasteiger charge is 2.31. The van der Waals surface area contributed by atoms with E-state index in [9.17, 15) is 18.0 Å². The molecule has 5 aromatic rings. The molecule has 11 heteroatoms. The number of hydrogen-bond donors (Lipinski definition) is 0. The summed E-state index contributed by atoms with van der Waals surface area (Å²) in [6.45, 7) is 2.31. The molecule has 0 bridgehead atoms. The highest BCUT2D eigenvalue weighted by Crippen LogP contribution is 2.42. The third kappa shape index (κ3) is 6.12. The molecular weight excluding hydrogens is 679 g/mol. The van der Waals surface area contributed by atoms with Gasteiger partial charge in [0.25, 0.3) is 5.56 Å². The smallest absolute Gasteiger partial charge is 0.416 e. The van der Waals surface area contributed by atoms with E-state index in [1.54, 1.807) is 30.3 Å². The van der Waals surface area contributed by atoms with E-state index in [2.05, 4.69) is 41.9 Å². The number of fused-ring (bicyclic) bond motifs is 1. The highest BCUT2D eigenvalue weighted by atomic mass is 79.9. The van der Waals surface area contributed by atoms with Gasteiger partial charge in [-0.1, -0.05) is 54.1 Å². The molecule has 0 saturated heterocycles. The van der Waals surface area contributed by atoms with E-state index in [-0.39, 0.29) is 16.8 Å². The number of benzene rings is 4. The second-order valence-corrected chi connectivity index (χ2v) is 10.9. The van der Waals surface area contributed by atoms with Crippen LogP contribution in [0.5, 0.6) is 11.5 Å². The van der Waals surface area contributed by atoms with Crippen molar-refractivity contribution < 1.29 is 22.6 Å². The van der Waals surface area contributed by atoms with Gasteiger partial charge in [-0.2, -0.15) is 22.9 Å². The number of ether oxygens (including phenoxy) is 2. The minimum absolute atomic E-state index is 0.0405. The summed E-state index contributed by atoms with van der Waals surface area (Å²) in [5.74, 6) is 0.818. The summed E-state index contributed by atoms with van der Waals surface area (Å²) in [5.41, 5.74) is 1.64. The Morgan fingerprint density at radius 2 is 1.71 bits per heavy atom. The van der Waals surface area contributed by atoms with Gasteiger partial charge < -0.3 is 9.47 Å². The van der Waals surface area contributed by atoms with Gasteiger partial charge in [-0.15, -0.1) is 0 Å². The zero-order valence-corrected chi connectivity index (χ0v) is 25.4. The SMILES string of the molecule is COc1cc(C=Nn2c(-c3cccc(C(F)(F)F)c3)nc3ccccc3c2=O)c(Br)c(Br)c1OCc1ccc(C)cc1. The van der Waals surface area contributed by atoms with Crippen LogP contribution in [0.25, 0.3) is 22.3 Å². The number of aryl methyl sites for hydroxylation is 1. The summed E-state index contributed by atoms with van der Waals surface area (Å²) in [6, 6.07) is 20.8. The maximum atomic E-state index is 13.5. The minimum atomic E-state index is -4.57. The van der Waals surface area contributed by atoms with Crippen molar-refractivity contribution in [3.8, 4) is 22.9 Å². The van der Waals surface area contributed by atoms with Crippen LogP contribution in [-0.2, 0) is 12.8 Å². The molecule has 42 heavy (non-hydrogen) atoms. The number of nitrogens with zero attached hydrogens (tertiary/aromatic N) is 3. The molecule has 0 aliphatic heterocycles. The van der Waals surface area contributed by atoms with E-state index in [1.165, 1.54) is 25.5 Å². The van der Waals surface area contributed by atoms with Gasteiger partial charge in [-0.05, 0) is 74.7 Å². The maximum Gasteiger partial charge on any atom is 0.416 e. The Balaban J connectivity index is 1.58. The predicted octanol–water partition coefficient (Wildman–Crippen LogP) is 8.39. The van der Waals surface area contributed by atoms with Gasteiger partial charge in [0.15, 0.2) is 17.3 Å². The van der Waals surface area contributed by atoms with Crippen molar-refractivity contribution in [2.45, 2.75) is 19.7 Å². The standard InChI is InChI=1S/C31H22Br2F3N3O3/c1-18-10-12-19(13-11-18)17-42-28-25(41-2)15-21(26(32)27(28)33)16-37-39-29(20-6-5-7-22(14-20)31(34,35)36)38-24-9-4-3-8-23(24)30(39)40/h3-16H,17H2,1-2H3. The van der Waals surface area contributed by atoms with Crippen LogP contribution in [-0.4, -0.2) is 23.0 Å². The molecule has 214 valence electrons. The van der Waals surface area contributed by atoms with Crippen molar-refractivity contribution in [2.24, 2.45) is 5.10 Å². The monoisotopic (exact) mass is 699 g/mol. The van der Waals surface area contributed by atoms with Gasteiger partial charge in [0.2, 0.25) is 0 Å². The second kappa shape index (κ2) is 12.1. The Hall–Kier alpha value is -3.96. The number of alkyl halides is 3. The first-order chi connectivity index (χ1) is 20.1. The molecule has 0 aliphatic carbocycles. The molecule has 0 saturated carbocycles. The Morgan fingerprint density at radius 3 is 2.43 bits per heavy atom. The molecular formula is C31H22Br2F3N3O3. The fraction of sp³-hybridized carbons (Fsp3) is 0.129. The Labute approximate surface area is 255 Å². The summed E-state index contributed by atoms with van der Waals surface area (Å²) in [5, 5.41) is 4.66. The topological polar surface area (TPSA) is 65.7 Å². The lowest BCUT2D eigenvalue weighted by Gasteiger charge is -2.16. The lowest BCUT2D eigenvalue weighted by atomic mass is 10.1. The summed E-state index contributed by atoms with van der Waals surface area (Å²) in [6.07, 6.45) is -3.17. The third-order valence-electron chi connectivity index (χ3n) is 6.39. The molecule has 0 amide bonds. The zero-order chi connectivity index (χ0) is 30.0. The Morgan fingerprint density at radius 1 is 0.976 bits per heavy atom. The van der Waals surface area contributed by atoms with E-state index in [0.29, 0.717) is 38.1 Å². The van der Waals surface area contributed by atoms with Crippen LogP contribution in [0.15, 0.2) is 97.7 Å². The van der Waals surface area contributed by atoms with Crippen molar-refractivity contribution in [2.75, 3.05) is 7.11 Å². The number of methoxy groups -OCH3 is 1. The first kappa shape index (κ1) is 29.5. The van der Waals surface area contributed by atoms with Gasteiger partial charge in [-0.3, -0.25) is 4.79 Å². The second-order valence-electron chi connectivity index (χ2n) is 9.29. The molecule has 6 nitrogen and oxygen atoms in total. The van der Waals surface area contributed by atoms with Crippen LogP contribution in [0.1, 0.15) is 22.3 Å². The molecule has 0 fully saturated rings. The van der Waals surface area contributed by atoms with Gasteiger partial charge in [-0.25, -0.2) is 4.98 Å². The third-order valence-corrected chi connectivity index (χ3v) is 8.54. The van der Waals surface area contributed by atoms with E-state index in [4.69, 9.17) is 9.47 Å². The van der Waals surface area contributed by atoms with Crippen LogP contribution >= 0.6 is 31.9 Å². The van der Waals surface area contributed by atoms with E-state index in [1.807, 2.05) is 31.2 Å². The molecule has 0 atom stereocenters. The average molecular weight is 701 g/mol. The van der Waals surface area contributed by atoms with Crippen LogP contribution in [0.4, 0.5) is 13.2 Å². The van der Waals surface area contributed by atoms with Crippen LogP contribution < -0.4 is 15.0 Å². The van der Waals surface area contributed by atoms with Gasteiger partial charge in [0.1, 0.15) is 6.61 Å². The van der Waals surface area contributed by atoms with Crippen molar-refractivity contribution in [1.29, 1.82) is 0 Å². The van der Waals surface area contributed by atoms with Gasteiger partial charge in [0.05, 0.1) is 34.3 Å². The van der Waals surface area contributed by atoms with Crippen LogP contribution in [0.2, 0.25) is 0 Å². The number of halogens is 5. The van der Waals surface area contributed by atoms with E-state index in [0.717, 1.165) is 27.9 Å². The largest absolute Gasteiger partial charge is 0.493 e. The molecule has 0 aliphatic rings. The molecule has 5 rings (SSSR count). The number of hydrogen-bond acceptors (Lipinski definition) is 5. The first-order valence-corrected chi connectivity index (χ1v) is 14.1. The summed E-state index contributed by atoms with van der Waals surface area (Å²) < 4.78 is 54.2. The number of para-hydroxylation sites is 1. The molecule has 4 aromatic carbocycles. The normalized spacial score (nSPS) is 11.8. The average Bonchev–Trinajstić information content (AvgIpc) is 2.98. The van der Waals surface area contributed by atoms with E-state index < -0.39 is 17.3 Å². The van der Waals surface area contributed by atoms with Crippen LogP contribution in [0, 0.1) is 6.92 Å². The van der Waals surface area contributed by atoms with Gasteiger partial charge in [0, 0.05) is 15.6 Å². The number of aromatic nitrogens is 2. The molecule has 1 heterocycles. The fourth-order valence-electron chi connectivity index (χ4n) is 4.20. The van der Waals surface area contributed by atoms with Gasteiger partial charge >= 0.3 is 6.18 Å². The lowest BCUT2D eigenvalue weighted by Crippen LogP contribution is -2.20. The van der Waals surface area contributed by atoms with Crippen LogP contribution in [0.3, 0.4) is 0 Å². The molecule has 0 unspecified atom stereocenters. The Bertz CT molecular complexity index is 1870. The highest BCUT2D eigenvalue weighted by molar-refractivity contribution is 9.13. The fourth-order valence-corrected chi connectivity index (χ4v) is 5.13. The zero-order valence-electron chi connectivity index (χ0n) is 22.2. The lowest BCUT2D eigenvalue weighted by molar-refractivity contribution is -0.137. The maximum absolute atomic E-state index is 13.5. The van der Waals surface area contributed by atoms with Crippen molar-refractivity contribution in [3.63, 3.8) is 0 Å². The molecule has 0 spiro atoms. The minimum Gasteiger partial charge on any atom is -0.493 e. The molecule has 1 aromatic heterocycles. The Kier molecular flexibility index (Phi) is 8.51. The van der Waals surface area contributed by atoms with Crippen molar-refractivity contribution >= 4 is 49.0 Å². The predicted molar refractivity (Wildman–Crippen MR) is 163 cm³/mol. The summed E-state index contributed by atoms with van der Waals surface area (Å²) in [7, 11) is 1.50. The van der Waals surface area contributed by atoms with Crippen molar-refractivity contribution in [1.82, 2.24) is 9.66 Å². The molecule has 0 radical (unpaired) electrons. The summed E-state index contributed by atoms with van der Waals surface area (Å²) in [4.78, 5) is 18.0. The molecule has 0 N–H and O–H groups in total. The van der Waals surface area contributed by atoms with E-state index >= 15 is 0 Å². The first-order valence-electron chi connectivity index (χ1n) is 12.5. The quantitative estimate of drug-likeness (QED) is 0.160. The van der Waals surface area contributed by atoms with Crippen molar-refractivity contribution in [3.05, 3.63) is 120 Å². The number of rotatable bonds is 7.